The van der Waals surface area contributed by atoms with Crippen LogP contribution in [0.1, 0.15) is 19.8 Å². The summed E-state index contributed by atoms with van der Waals surface area (Å²) >= 11 is 0. The van der Waals surface area contributed by atoms with Crippen LogP contribution in [-0.2, 0) is 9.59 Å². The van der Waals surface area contributed by atoms with Gasteiger partial charge in [-0.1, -0.05) is 0 Å². The average Bonchev–Trinajstić information content (AvgIpc) is 2.25. The van der Waals surface area contributed by atoms with E-state index in [4.69, 9.17) is 0 Å². The topological polar surface area (TPSA) is 61.4 Å². The number of likely N-dealkylation sites (tertiary alicyclic amines) is 1. The first-order chi connectivity index (χ1) is 7.59. The first kappa shape index (κ1) is 13.0. The van der Waals surface area contributed by atoms with Gasteiger partial charge < -0.3 is 15.5 Å². The molecule has 0 spiro atoms. The molecule has 1 rings (SSSR count). The Bertz CT molecular complexity index is 248. The first-order valence-electron chi connectivity index (χ1n) is 5.80. The summed E-state index contributed by atoms with van der Waals surface area (Å²) in [7, 11) is 2.07. The highest BCUT2D eigenvalue weighted by Gasteiger charge is 2.22. The molecule has 2 amide bonds. The zero-order chi connectivity index (χ0) is 12.0. The Hall–Kier alpha value is -1.10. The molecule has 1 saturated heterocycles. The molecule has 16 heavy (non-hydrogen) atoms. The van der Waals surface area contributed by atoms with Crippen molar-refractivity contribution in [2.24, 2.45) is 5.92 Å². The number of nitrogens with zero attached hydrogens (tertiary/aromatic N) is 1. The molecule has 2 N–H and O–H groups in total. The van der Waals surface area contributed by atoms with Crippen LogP contribution in [0.5, 0.6) is 0 Å². The van der Waals surface area contributed by atoms with Gasteiger partial charge in [0.15, 0.2) is 0 Å². The second-order valence-corrected chi connectivity index (χ2v) is 4.35. The minimum absolute atomic E-state index is 0.0615. The standard InChI is InChI=1S/C11H21N3O2/c1-9(15)12-5-6-13-11(16)10-3-7-14(2)8-4-10/h10H,3-8H2,1-2H3,(H,12,15)(H,13,16). The Morgan fingerprint density at radius 1 is 1.19 bits per heavy atom. The lowest BCUT2D eigenvalue weighted by Gasteiger charge is -2.28. The third-order valence-corrected chi connectivity index (χ3v) is 2.89. The van der Waals surface area contributed by atoms with E-state index in [1.165, 1.54) is 6.92 Å². The summed E-state index contributed by atoms with van der Waals surface area (Å²) in [6, 6.07) is 0. The van der Waals surface area contributed by atoms with Crippen LogP contribution in [0.4, 0.5) is 0 Å². The Labute approximate surface area is 96.6 Å². The SMILES string of the molecule is CC(=O)NCCNC(=O)C1CCN(C)CC1. The van der Waals surface area contributed by atoms with Crippen LogP contribution >= 0.6 is 0 Å². The average molecular weight is 227 g/mol. The number of piperidine rings is 1. The molecule has 0 unspecified atom stereocenters. The van der Waals surface area contributed by atoms with E-state index in [9.17, 15) is 9.59 Å². The van der Waals surface area contributed by atoms with Gasteiger partial charge in [-0.15, -0.1) is 0 Å². The van der Waals surface area contributed by atoms with E-state index < -0.39 is 0 Å². The third kappa shape index (κ3) is 4.61. The number of hydrogen-bond acceptors (Lipinski definition) is 3. The molecule has 0 aromatic heterocycles. The zero-order valence-corrected chi connectivity index (χ0v) is 10.1. The van der Waals surface area contributed by atoms with E-state index in [-0.39, 0.29) is 17.7 Å². The summed E-state index contributed by atoms with van der Waals surface area (Å²) in [5, 5.41) is 5.50. The molecular formula is C11H21N3O2. The van der Waals surface area contributed by atoms with E-state index in [2.05, 4.69) is 22.6 Å². The van der Waals surface area contributed by atoms with E-state index >= 15 is 0 Å². The van der Waals surface area contributed by atoms with Gasteiger partial charge >= 0.3 is 0 Å². The highest BCUT2D eigenvalue weighted by molar-refractivity contribution is 5.78. The highest BCUT2D eigenvalue weighted by Crippen LogP contribution is 2.15. The predicted molar refractivity (Wildman–Crippen MR) is 61.9 cm³/mol. The molecule has 0 aromatic rings. The predicted octanol–water partition coefficient (Wildman–Crippen LogP) is -0.419. The normalized spacial score (nSPS) is 18.1. The van der Waals surface area contributed by atoms with Crippen molar-refractivity contribution in [3.8, 4) is 0 Å². The zero-order valence-electron chi connectivity index (χ0n) is 10.1. The maximum atomic E-state index is 11.7. The van der Waals surface area contributed by atoms with Gasteiger partial charge in [-0.2, -0.15) is 0 Å². The van der Waals surface area contributed by atoms with Crippen molar-refractivity contribution in [3.63, 3.8) is 0 Å². The Balaban J connectivity index is 2.12. The second-order valence-electron chi connectivity index (χ2n) is 4.35. The van der Waals surface area contributed by atoms with Crippen LogP contribution in [0.25, 0.3) is 0 Å². The minimum Gasteiger partial charge on any atom is -0.355 e. The molecule has 1 heterocycles. The first-order valence-corrected chi connectivity index (χ1v) is 5.80. The Kier molecular flexibility index (Phi) is 5.25. The molecule has 0 aliphatic carbocycles. The van der Waals surface area contributed by atoms with Crippen LogP contribution in [-0.4, -0.2) is 49.9 Å². The summed E-state index contributed by atoms with van der Waals surface area (Å²) in [6.07, 6.45) is 1.87. The fraction of sp³-hybridized carbons (Fsp3) is 0.818. The van der Waals surface area contributed by atoms with Crippen LogP contribution in [0, 0.1) is 5.92 Å². The van der Waals surface area contributed by atoms with Crippen molar-refractivity contribution in [2.75, 3.05) is 33.2 Å². The number of amides is 2. The fourth-order valence-electron chi connectivity index (χ4n) is 1.84. The highest BCUT2D eigenvalue weighted by atomic mass is 16.2. The molecule has 1 aliphatic rings. The van der Waals surface area contributed by atoms with Crippen LogP contribution in [0.3, 0.4) is 0 Å². The molecule has 0 radical (unpaired) electrons. The van der Waals surface area contributed by atoms with Crippen molar-refractivity contribution >= 4 is 11.8 Å². The Morgan fingerprint density at radius 3 is 2.31 bits per heavy atom. The van der Waals surface area contributed by atoms with E-state index in [0.29, 0.717) is 13.1 Å². The van der Waals surface area contributed by atoms with Gasteiger partial charge in [-0.3, -0.25) is 9.59 Å². The summed E-state index contributed by atoms with van der Waals surface area (Å²) in [4.78, 5) is 24.5. The molecule has 1 fully saturated rings. The van der Waals surface area contributed by atoms with Crippen molar-refractivity contribution in [2.45, 2.75) is 19.8 Å². The van der Waals surface area contributed by atoms with E-state index in [0.717, 1.165) is 25.9 Å². The van der Waals surface area contributed by atoms with Crippen molar-refractivity contribution in [1.82, 2.24) is 15.5 Å². The van der Waals surface area contributed by atoms with Gasteiger partial charge in [-0.25, -0.2) is 0 Å². The lowest BCUT2D eigenvalue weighted by Crippen LogP contribution is -2.41. The summed E-state index contributed by atoms with van der Waals surface area (Å²) in [5.41, 5.74) is 0. The summed E-state index contributed by atoms with van der Waals surface area (Å²) in [5.74, 6) is 0.209. The molecule has 1 aliphatic heterocycles. The van der Waals surface area contributed by atoms with Gasteiger partial charge in [0, 0.05) is 25.9 Å². The maximum Gasteiger partial charge on any atom is 0.223 e. The largest absolute Gasteiger partial charge is 0.355 e. The summed E-state index contributed by atoms with van der Waals surface area (Å²) in [6.45, 7) is 4.48. The van der Waals surface area contributed by atoms with Crippen LogP contribution < -0.4 is 10.6 Å². The quantitative estimate of drug-likeness (QED) is 0.641. The summed E-state index contributed by atoms with van der Waals surface area (Å²) < 4.78 is 0. The lowest BCUT2D eigenvalue weighted by molar-refractivity contribution is -0.126. The molecule has 0 saturated carbocycles. The van der Waals surface area contributed by atoms with E-state index in [1.807, 2.05) is 0 Å². The molecule has 5 heteroatoms. The number of rotatable bonds is 4. The van der Waals surface area contributed by atoms with E-state index in [1.54, 1.807) is 0 Å². The minimum atomic E-state index is -0.0615. The van der Waals surface area contributed by atoms with Gasteiger partial charge in [0.2, 0.25) is 11.8 Å². The molecule has 0 bridgehead atoms. The van der Waals surface area contributed by atoms with Gasteiger partial charge in [-0.05, 0) is 33.0 Å². The maximum absolute atomic E-state index is 11.7. The fourth-order valence-corrected chi connectivity index (χ4v) is 1.84. The monoisotopic (exact) mass is 227 g/mol. The molecule has 0 aromatic carbocycles. The smallest absolute Gasteiger partial charge is 0.223 e. The van der Waals surface area contributed by atoms with Crippen molar-refractivity contribution in [3.05, 3.63) is 0 Å². The molecule has 0 atom stereocenters. The van der Waals surface area contributed by atoms with Gasteiger partial charge in [0.05, 0.1) is 0 Å². The van der Waals surface area contributed by atoms with Crippen molar-refractivity contribution < 1.29 is 9.59 Å². The van der Waals surface area contributed by atoms with Crippen LogP contribution in [0.15, 0.2) is 0 Å². The van der Waals surface area contributed by atoms with Crippen molar-refractivity contribution in [1.29, 1.82) is 0 Å². The number of nitrogens with one attached hydrogen (secondary N) is 2. The number of hydrogen-bond donors (Lipinski definition) is 2. The van der Waals surface area contributed by atoms with Gasteiger partial charge in [0.1, 0.15) is 0 Å². The third-order valence-electron chi connectivity index (χ3n) is 2.89. The number of carbonyl (C=O) groups excluding carboxylic acids is 2. The van der Waals surface area contributed by atoms with Gasteiger partial charge in [0.25, 0.3) is 0 Å². The molecule has 92 valence electrons. The van der Waals surface area contributed by atoms with Crippen LogP contribution in [0.2, 0.25) is 0 Å². The second kappa shape index (κ2) is 6.48. The Morgan fingerprint density at radius 2 is 1.75 bits per heavy atom. The molecular weight excluding hydrogens is 206 g/mol. The number of carbonyl (C=O) groups is 2. The molecule has 5 nitrogen and oxygen atoms in total. The lowest BCUT2D eigenvalue weighted by atomic mass is 9.96.